The van der Waals surface area contributed by atoms with Crippen LogP contribution < -0.4 is 0 Å². The van der Waals surface area contributed by atoms with Crippen molar-refractivity contribution in [1.29, 1.82) is 0 Å². The molecule has 0 aliphatic carbocycles. The number of ketones is 1. The molecule has 0 aromatic heterocycles. The lowest BCUT2D eigenvalue weighted by atomic mass is 9.89. The maximum absolute atomic E-state index is 13.0. The molecule has 1 amide bonds. The van der Waals surface area contributed by atoms with Crippen LogP contribution in [0.3, 0.4) is 0 Å². The average molecular weight is 529 g/mol. The number of rotatable bonds is 7. The molecule has 38 heavy (non-hydrogen) atoms. The first-order valence-corrected chi connectivity index (χ1v) is 14.3. The van der Waals surface area contributed by atoms with E-state index in [0.29, 0.717) is 5.92 Å². The fraction of sp³-hybridized carbons (Fsp3) is 0.394. The fourth-order valence-corrected chi connectivity index (χ4v) is 5.98. The summed E-state index contributed by atoms with van der Waals surface area (Å²) in [6, 6.07) is 22.8. The smallest absolute Gasteiger partial charge is 0.223 e. The first-order chi connectivity index (χ1) is 18.5. The number of benzene rings is 3. The number of carbonyl (C=O) groups is 2. The van der Waals surface area contributed by atoms with Crippen molar-refractivity contribution >= 4 is 23.3 Å². The first-order valence-electron chi connectivity index (χ1n) is 13.9. The topological polar surface area (TPSA) is 40.6 Å². The molecule has 0 bridgehead atoms. The zero-order valence-corrected chi connectivity index (χ0v) is 23.1. The quantitative estimate of drug-likeness (QED) is 0.324. The highest BCUT2D eigenvalue weighted by atomic mass is 35.5. The summed E-state index contributed by atoms with van der Waals surface area (Å²) in [7, 11) is 0. The van der Waals surface area contributed by atoms with Crippen LogP contribution in [0.1, 0.15) is 69.8 Å². The van der Waals surface area contributed by atoms with E-state index in [1.54, 1.807) is 0 Å². The molecular formula is C33H37ClN2O2. The number of piperidine rings is 1. The Bertz CT molecular complexity index is 1280. The summed E-state index contributed by atoms with van der Waals surface area (Å²) in [5, 5.41) is 0.751. The van der Waals surface area contributed by atoms with E-state index in [2.05, 4.69) is 60.4 Å². The van der Waals surface area contributed by atoms with Crippen LogP contribution in [-0.2, 0) is 24.2 Å². The van der Waals surface area contributed by atoms with Crippen molar-refractivity contribution in [2.75, 3.05) is 26.2 Å². The Labute approximate surface area is 231 Å². The van der Waals surface area contributed by atoms with Gasteiger partial charge in [-0.15, -0.1) is 0 Å². The standard InChI is InChI=1S/C33H37ClN2O2/c1-24-4-2-3-5-30(24)23-35-18-14-26-6-7-29(22-28(26)15-19-35)32(37)12-13-33(38)36-20-16-27(17-21-36)25-8-10-31(34)11-9-25/h2-11,22,27H,12-21,23H2,1H3. The summed E-state index contributed by atoms with van der Waals surface area (Å²) in [6.07, 6.45) is 4.41. The van der Waals surface area contributed by atoms with Crippen LogP contribution >= 0.6 is 11.6 Å². The number of aryl methyl sites for hydroxylation is 1. The van der Waals surface area contributed by atoms with Gasteiger partial charge in [0.05, 0.1) is 0 Å². The van der Waals surface area contributed by atoms with Gasteiger partial charge < -0.3 is 4.90 Å². The molecule has 3 aromatic rings. The second kappa shape index (κ2) is 12.3. The van der Waals surface area contributed by atoms with Gasteiger partial charge in [-0.2, -0.15) is 0 Å². The van der Waals surface area contributed by atoms with E-state index in [1.807, 2.05) is 23.1 Å². The van der Waals surface area contributed by atoms with Crippen molar-refractivity contribution in [2.45, 2.75) is 57.9 Å². The molecule has 0 spiro atoms. The van der Waals surface area contributed by atoms with E-state index in [1.165, 1.54) is 27.8 Å². The molecule has 198 valence electrons. The average Bonchev–Trinajstić information content (AvgIpc) is 3.15. The number of Topliss-reactive ketones (excluding diaryl/α,β-unsaturated/α-hetero) is 1. The molecule has 5 rings (SSSR count). The molecule has 5 heteroatoms. The molecule has 0 radical (unpaired) electrons. The van der Waals surface area contributed by atoms with Gasteiger partial charge in [-0.25, -0.2) is 0 Å². The minimum atomic E-state index is 0.0678. The normalized spacial score (nSPS) is 16.6. The van der Waals surface area contributed by atoms with Gasteiger partial charge in [-0.05, 0) is 84.5 Å². The molecule has 0 N–H and O–H groups in total. The minimum absolute atomic E-state index is 0.0678. The lowest BCUT2D eigenvalue weighted by Crippen LogP contribution is -2.38. The van der Waals surface area contributed by atoms with Gasteiger partial charge in [0.25, 0.3) is 0 Å². The molecule has 1 fully saturated rings. The van der Waals surface area contributed by atoms with Crippen molar-refractivity contribution in [3.8, 4) is 0 Å². The Balaban J connectivity index is 1.11. The van der Waals surface area contributed by atoms with Crippen LogP contribution in [0.4, 0.5) is 0 Å². The Morgan fingerprint density at radius 3 is 2.29 bits per heavy atom. The third kappa shape index (κ3) is 6.54. The van der Waals surface area contributed by atoms with E-state index in [4.69, 9.17) is 11.6 Å². The Morgan fingerprint density at radius 2 is 1.55 bits per heavy atom. The van der Waals surface area contributed by atoms with Gasteiger partial charge in [0.15, 0.2) is 5.78 Å². The Morgan fingerprint density at radius 1 is 0.842 bits per heavy atom. The molecule has 2 aliphatic heterocycles. The number of fused-ring (bicyclic) bond motifs is 1. The van der Waals surface area contributed by atoms with Crippen molar-refractivity contribution in [2.24, 2.45) is 0 Å². The summed E-state index contributed by atoms with van der Waals surface area (Å²) in [6.45, 7) is 6.65. The van der Waals surface area contributed by atoms with E-state index < -0.39 is 0 Å². The van der Waals surface area contributed by atoms with Gasteiger partial charge in [0.1, 0.15) is 0 Å². The van der Waals surface area contributed by atoms with Crippen LogP contribution in [-0.4, -0.2) is 47.7 Å². The maximum atomic E-state index is 13.0. The number of hydrogen-bond acceptors (Lipinski definition) is 3. The van der Waals surface area contributed by atoms with Gasteiger partial charge in [-0.3, -0.25) is 14.5 Å². The van der Waals surface area contributed by atoms with Crippen LogP contribution in [0.5, 0.6) is 0 Å². The summed E-state index contributed by atoms with van der Waals surface area (Å²) in [5.74, 6) is 0.623. The number of nitrogens with zero attached hydrogens (tertiary/aromatic N) is 2. The highest BCUT2D eigenvalue weighted by molar-refractivity contribution is 6.30. The van der Waals surface area contributed by atoms with E-state index in [-0.39, 0.29) is 24.5 Å². The SMILES string of the molecule is Cc1ccccc1CN1CCc2ccc(C(=O)CCC(=O)N3CCC(c4ccc(Cl)cc4)CC3)cc2CC1. The molecule has 3 aromatic carbocycles. The summed E-state index contributed by atoms with van der Waals surface area (Å²) in [4.78, 5) is 30.3. The molecule has 2 heterocycles. The van der Waals surface area contributed by atoms with Crippen molar-refractivity contribution < 1.29 is 9.59 Å². The molecular weight excluding hydrogens is 492 g/mol. The predicted molar refractivity (Wildman–Crippen MR) is 154 cm³/mol. The monoisotopic (exact) mass is 528 g/mol. The second-order valence-electron chi connectivity index (χ2n) is 10.8. The number of carbonyl (C=O) groups excluding carboxylic acids is 2. The van der Waals surface area contributed by atoms with Gasteiger partial charge >= 0.3 is 0 Å². The molecule has 4 nitrogen and oxygen atoms in total. The number of hydrogen-bond donors (Lipinski definition) is 0. The summed E-state index contributed by atoms with van der Waals surface area (Å²) < 4.78 is 0. The Hall–Kier alpha value is -2.95. The van der Waals surface area contributed by atoms with Crippen molar-refractivity contribution in [3.05, 3.63) is 105 Å². The number of likely N-dealkylation sites (tertiary alicyclic amines) is 1. The number of halogens is 1. The zero-order valence-electron chi connectivity index (χ0n) is 22.3. The third-order valence-electron chi connectivity index (χ3n) is 8.33. The molecule has 0 unspecified atom stereocenters. The molecule has 0 saturated carbocycles. The summed E-state index contributed by atoms with van der Waals surface area (Å²) >= 11 is 6.02. The van der Waals surface area contributed by atoms with Crippen LogP contribution in [0.2, 0.25) is 5.02 Å². The second-order valence-corrected chi connectivity index (χ2v) is 11.3. The van der Waals surface area contributed by atoms with Crippen molar-refractivity contribution in [3.63, 3.8) is 0 Å². The molecule has 0 atom stereocenters. The molecule has 2 aliphatic rings. The van der Waals surface area contributed by atoms with E-state index >= 15 is 0 Å². The van der Waals surface area contributed by atoms with Gasteiger partial charge in [-0.1, -0.05) is 60.1 Å². The predicted octanol–water partition coefficient (Wildman–Crippen LogP) is 6.62. The van der Waals surface area contributed by atoms with Crippen LogP contribution in [0.15, 0.2) is 66.7 Å². The fourth-order valence-electron chi connectivity index (χ4n) is 5.85. The largest absolute Gasteiger partial charge is 0.343 e. The molecule has 1 saturated heterocycles. The lowest BCUT2D eigenvalue weighted by molar-refractivity contribution is -0.132. The van der Waals surface area contributed by atoms with Crippen LogP contribution in [0.25, 0.3) is 0 Å². The van der Waals surface area contributed by atoms with Crippen molar-refractivity contribution in [1.82, 2.24) is 9.80 Å². The van der Waals surface area contributed by atoms with Gasteiger partial charge in [0, 0.05) is 56.2 Å². The zero-order chi connectivity index (χ0) is 26.5. The van der Waals surface area contributed by atoms with E-state index in [0.717, 1.165) is 69.0 Å². The van der Waals surface area contributed by atoms with Crippen LogP contribution in [0, 0.1) is 6.92 Å². The lowest BCUT2D eigenvalue weighted by Gasteiger charge is -2.32. The van der Waals surface area contributed by atoms with Gasteiger partial charge in [0.2, 0.25) is 5.91 Å². The highest BCUT2D eigenvalue weighted by Gasteiger charge is 2.24. The van der Waals surface area contributed by atoms with E-state index in [9.17, 15) is 9.59 Å². The highest BCUT2D eigenvalue weighted by Crippen LogP contribution is 2.29. The summed E-state index contributed by atoms with van der Waals surface area (Å²) in [5.41, 5.74) is 7.37. The minimum Gasteiger partial charge on any atom is -0.343 e. The first kappa shape index (κ1) is 26.6. The third-order valence-corrected chi connectivity index (χ3v) is 8.59. The Kier molecular flexibility index (Phi) is 8.61. The maximum Gasteiger partial charge on any atom is 0.223 e. The number of amides is 1.